The Hall–Kier alpha value is -3.09. The van der Waals surface area contributed by atoms with E-state index >= 15 is 0 Å². The van der Waals surface area contributed by atoms with Crippen LogP contribution in [0.4, 0.5) is 0 Å². The summed E-state index contributed by atoms with van der Waals surface area (Å²) in [6.07, 6.45) is 4.32. The third kappa shape index (κ3) is 3.20. The summed E-state index contributed by atoms with van der Waals surface area (Å²) in [6.45, 7) is 3.86. The van der Waals surface area contributed by atoms with Crippen molar-refractivity contribution in [1.29, 1.82) is 0 Å². The Morgan fingerprint density at radius 1 is 1.28 bits per heavy atom. The van der Waals surface area contributed by atoms with Crippen molar-refractivity contribution >= 4 is 22.8 Å². The smallest absolute Gasteiger partial charge is 0.291 e. The van der Waals surface area contributed by atoms with Crippen molar-refractivity contribution in [3.63, 3.8) is 0 Å². The fourth-order valence-corrected chi connectivity index (χ4v) is 4.54. The third-order valence-corrected chi connectivity index (χ3v) is 6.50. The standard InChI is InChI=1S/C22H23N3O4/c1-14-19(28-13-24-14)21(27)25-8-6-22(7-9-25)11-16(22)12-23-20(26)18-10-15-4-2-3-5-17(15)29-18/h2-5,10,13,16H,6-9,11-12H2,1H3,(H,23,26). The molecule has 7 heteroatoms. The zero-order chi connectivity index (χ0) is 20.0. The van der Waals surface area contributed by atoms with Crippen LogP contribution in [0.2, 0.25) is 0 Å². The predicted molar refractivity (Wildman–Crippen MR) is 105 cm³/mol. The van der Waals surface area contributed by atoms with E-state index in [0.717, 1.165) is 30.2 Å². The van der Waals surface area contributed by atoms with Crippen molar-refractivity contribution in [3.05, 3.63) is 53.9 Å². The third-order valence-electron chi connectivity index (χ3n) is 6.50. The number of hydrogen-bond acceptors (Lipinski definition) is 5. The molecule has 29 heavy (non-hydrogen) atoms. The molecule has 2 fully saturated rings. The first-order valence-corrected chi connectivity index (χ1v) is 10.0. The van der Waals surface area contributed by atoms with Gasteiger partial charge in [0.05, 0.1) is 5.69 Å². The van der Waals surface area contributed by atoms with Gasteiger partial charge in [0, 0.05) is 25.0 Å². The Kier molecular flexibility index (Phi) is 4.19. The predicted octanol–water partition coefficient (Wildman–Crippen LogP) is 3.40. The van der Waals surface area contributed by atoms with E-state index in [2.05, 4.69) is 10.3 Å². The normalized spacial score (nSPS) is 20.2. The first kappa shape index (κ1) is 18.0. The van der Waals surface area contributed by atoms with Crippen molar-refractivity contribution in [2.75, 3.05) is 19.6 Å². The van der Waals surface area contributed by atoms with E-state index in [4.69, 9.17) is 8.83 Å². The zero-order valence-electron chi connectivity index (χ0n) is 16.3. The number of furan rings is 1. The number of amides is 2. The molecule has 1 aliphatic heterocycles. The van der Waals surface area contributed by atoms with E-state index in [-0.39, 0.29) is 17.2 Å². The lowest BCUT2D eigenvalue weighted by molar-refractivity contribution is 0.0636. The van der Waals surface area contributed by atoms with Crippen LogP contribution in [0, 0.1) is 18.3 Å². The lowest BCUT2D eigenvalue weighted by atomic mass is 9.90. The fraction of sp³-hybridized carbons (Fsp3) is 0.409. The number of hydrogen-bond donors (Lipinski definition) is 1. The minimum atomic E-state index is -0.170. The molecule has 2 aliphatic rings. The Balaban J connectivity index is 1.14. The van der Waals surface area contributed by atoms with E-state index in [1.54, 1.807) is 13.0 Å². The van der Waals surface area contributed by atoms with Gasteiger partial charge < -0.3 is 19.1 Å². The highest BCUT2D eigenvalue weighted by Crippen LogP contribution is 2.59. The molecule has 1 unspecified atom stereocenters. The van der Waals surface area contributed by atoms with Gasteiger partial charge in [0.15, 0.2) is 12.2 Å². The number of fused-ring (bicyclic) bond motifs is 1. The maximum atomic E-state index is 12.6. The number of carbonyl (C=O) groups excluding carboxylic acids is 2. The van der Waals surface area contributed by atoms with Crippen LogP contribution in [0.1, 0.15) is 46.1 Å². The number of benzene rings is 1. The summed E-state index contributed by atoms with van der Waals surface area (Å²) >= 11 is 0. The molecule has 0 bridgehead atoms. The number of para-hydroxylation sites is 1. The molecule has 0 radical (unpaired) electrons. The van der Waals surface area contributed by atoms with Gasteiger partial charge in [-0.1, -0.05) is 18.2 Å². The quantitative estimate of drug-likeness (QED) is 0.734. The first-order chi connectivity index (χ1) is 14.1. The minimum absolute atomic E-state index is 0.0785. The number of piperidine rings is 1. The van der Waals surface area contributed by atoms with Gasteiger partial charge in [0.2, 0.25) is 5.76 Å². The van der Waals surface area contributed by atoms with E-state index in [1.165, 1.54) is 6.39 Å². The topological polar surface area (TPSA) is 88.6 Å². The van der Waals surface area contributed by atoms with Crippen LogP contribution in [0.15, 0.2) is 45.6 Å². The zero-order valence-corrected chi connectivity index (χ0v) is 16.3. The average Bonchev–Trinajstić information content (AvgIpc) is 3.08. The van der Waals surface area contributed by atoms with Crippen LogP contribution in [0.3, 0.4) is 0 Å². The van der Waals surface area contributed by atoms with Crippen molar-refractivity contribution < 1.29 is 18.4 Å². The number of oxazole rings is 1. The number of aryl methyl sites for hydroxylation is 1. The second-order valence-corrected chi connectivity index (χ2v) is 8.18. The summed E-state index contributed by atoms with van der Waals surface area (Å²) in [5.74, 6) is 0.900. The number of aromatic nitrogens is 1. The molecule has 3 heterocycles. The van der Waals surface area contributed by atoms with Gasteiger partial charge in [-0.05, 0) is 49.7 Å². The van der Waals surface area contributed by atoms with E-state index in [0.29, 0.717) is 42.8 Å². The number of nitrogens with one attached hydrogen (secondary N) is 1. The van der Waals surface area contributed by atoms with Gasteiger partial charge in [0.1, 0.15) is 5.58 Å². The highest BCUT2D eigenvalue weighted by molar-refractivity contribution is 5.96. The van der Waals surface area contributed by atoms with Crippen LogP contribution in [0.5, 0.6) is 0 Å². The first-order valence-electron chi connectivity index (χ1n) is 10.0. The van der Waals surface area contributed by atoms with E-state index in [1.807, 2.05) is 29.2 Å². The Morgan fingerprint density at radius 2 is 2.07 bits per heavy atom. The van der Waals surface area contributed by atoms with Gasteiger partial charge in [-0.3, -0.25) is 9.59 Å². The van der Waals surface area contributed by atoms with Crippen LogP contribution in [-0.4, -0.2) is 41.3 Å². The Labute approximate surface area is 168 Å². The average molecular weight is 393 g/mol. The molecule has 2 amide bonds. The summed E-state index contributed by atoms with van der Waals surface area (Å²) in [6, 6.07) is 9.39. The number of rotatable bonds is 4. The van der Waals surface area contributed by atoms with Gasteiger partial charge in [-0.15, -0.1) is 0 Å². The Bertz CT molecular complexity index is 1040. The summed E-state index contributed by atoms with van der Waals surface area (Å²) in [7, 11) is 0. The van der Waals surface area contributed by atoms with Crippen LogP contribution in [0.25, 0.3) is 11.0 Å². The summed E-state index contributed by atoms with van der Waals surface area (Å²) in [5.41, 5.74) is 1.60. The molecule has 1 aliphatic carbocycles. The van der Waals surface area contributed by atoms with Crippen molar-refractivity contribution in [1.82, 2.24) is 15.2 Å². The number of carbonyl (C=O) groups is 2. The summed E-state index contributed by atoms with van der Waals surface area (Å²) in [4.78, 5) is 30.9. The molecule has 1 saturated heterocycles. The van der Waals surface area contributed by atoms with Gasteiger partial charge >= 0.3 is 0 Å². The fourth-order valence-electron chi connectivity index (χ4n) is 4.54. The van der Waals surface area contributed by atoms with E-state index in [9.17, 15) is 9.59 Å². The molecule has 150 valence electrons. The van der Waals surface area contributed by atoms with Gasteiger partial charge in [-0.25, -0.2) is 4.98 Å². The molecule has 1 atom stereocenters. The SMILES string of the molecule is Cc1ncoc1C(=O)N1CCC2(CC1)CC2CNC(=O)c1cc2ccccc2o1. The molecular formula is C22H23N3O4. The van der Waals surface area contributed by atoms with Crippen molar-refractivity contribution in [2.24, 2.45) is 11.3 Å². The Morgan fingerprint density at radius 3 is 2.79 bits per heavy atom. The van der Waals surface area contributed by atoms with Crippen LogP contribution >= 0.6 is 0 Å². The highest BCUT2D eigenvalue weighted by atomic mass is 16.4. The highest BCUT2D eigenvalue weighted by Gasteiger charge is 2.55. The molecule has 7 nitrogen and oxygen atoms in total. The van der Waals surface area contributed by atoms with E-state index < -0.39 is 0 Å². The second-order valence-electron chi connectivity index (χ2n) is 8.18. The number of nitrogens with zero attached hydrogens (tertiary/aromatic N) is 2. The van der Waals surface area contributed by atoms with Gasteiger partial charge in [-0.2, -0.15) is 0 Å². The lowest BCUT2D eigenvalue weighted by Gasteiger charge is -2.32. The maximum absolute atomic E-state index is 12.6. The minimum Gasteiger partial charge on any atom is -0.451 e. The monoisotopic (exact) mass is 393 g/mol. The lowest BCUT2D eigenvalue weighted by Crippen LogP contribution is -2.40. The summed E-state index contributed by atoms with van der Waals surface area (Å²) in [5, 5.41) is 3.95. The van der Waals surface area contributed by atoms with Crippen LogP contribution < -0.4 is 5.32 Å². The van der Waals surface area contributed by atoms with Crippen molar-refractivity contribution in [3.8, 4) is 0 Å². The summed E-state index contributed by atoms with van der Waals surface area (Å²) < 4.78 is 10.9. The van der Waals surface area contributed by atoms with Crippen molar-refractivity contribution in [2.45, 2.75) is 26.2 Å². The molecule has 3 aromatic rings. The van der Waals surface area contributed by atoms with Gasteiger partial charge in [0.25, 0.3) is 11.8 Å². The molecule has 1 aromatic carbocycles. The molecule has 5 rings (SSSR count). The molecule has 1 N–H and O–H groups in total. The number of likely N-dealkylation sites (tertiary alicyclic amines) is 1. The second kappa shape index (κ2) is 6.76. The molecule has 1 spiro atoms. The molecule has 2 aromatic heterocycles. The molecular weight excluding hydrogens is 370 g/mol. The van der Waals surface area contributed by atoms with Crippen LogP contribution in [-0.2, 0) is 0 Å². The maximum Gasteiger partial charge on any atom is 0.291 e. The largest absolute Gasteiger partial charge is 0.451 e. The molecule has 1 saturated carbocycles.